The second-order valence-corrected chi connectivity index (χ2v) is 6.06. The van der Waals surface area contributed by atoms with E-state index in [1.807, 2.05) is 25.1 Å². The summed E-state index contributed by atoms with van der Waals surface area (Å²) in [5, 5.41) is 8.53. The van der Waals surface area contributed by atoms with Gasteiger partial charge in [0.25, 0.3) is 5.78 Å². The van der Waals surface area contributed by atoms with Crippen molar-refractivity contribution in [3.63, 3.8) is 0 Å². The summed E-state index contributed by atoms with van der Waals surface area (Å²) in [6.45, 7) is 2.00. The van der Waals surface area contributed by atoms with Crippen LogP contribution < -0.4 is 5.32 Å². The Morgan fingerprint density at radius 1 is 1.23 bits per heavy atom. The molecule has 0 saturated heterocycles. The largest absolute Gasteiger partial charge is 0.340 e. The minimum absolute atomic E-state index is 0.640. The maximum absolute atomic E-state index is 6.23. The highest BCUT2D eigenvalue weighted by Crippen LogP contribution is 2.30. The number of aromatic nitrogens is 4. The topological polar surface area (TPSA) is 55.1 Å². The fraction of sp³-hybridized carbons (Fsp3) is 0.312. The zero-order valence-corrected chi connectivity index (χ0v) is 13.1. The lowest BCUT2D eigenvalue weighted by Gasteiger charge is -2.20. The number of fused-ring (bicyclic) bond motifs is 2. The molecule has 22 heavy (non-hydrogen) atoms. The third kappa shape index (κ3) is 2.22. The molecule has 1 N–H and O–H groups in total. The SMILES string of the molecule is Cc1ccc(Nc2c3c(nc4ncnn24)CCCC3)cc1Cl. The zero-order valence-electron chi connectivity index (χ0n) is 12.3. The Morgan fingerprint density at radius 2 is 2.09 bits per heavy atom. The molecule has 0 spiro atoms. The summed E-state index contributed by atoms with van der Waals surface area (Å²) < 4.78 is 1.78. The van der Waals surface area contributed by atoms with Crippen LogP contribution in [0.5, 0.6) is 0 Å². The normalized spacial score (nSPS) is 14.1. The van der Waals surface area contributed by atoms with Crippen LogP contribution in [0.15, 0.2) is 24.5 Å². The molecule has 2 aromatic heterocycles. The molecule has 112 valence electrons. The van der Waals surface area contributed by atoms with Crippen LogP contribution in [0.3, 0.4) is 0 Å². The Bertz CT molecular complexity index is 855. The second kappa shape index (κ2) is 5.25. The summed E-state index contributed by atoms with van der Waals surface area (Å²) in [4.78, 5) is 8.87. The van der Waals surface area contributed by atoms with Gasteiger partial charge in [-0.2, -0.15) is 14.6 Å². The minimum atomic E-state index is 0.640. The Morgan fingerprint density at radius 3 is 2.95 bits per heavy atom. The molecule has 6 heteroatoms. The van der Waals surface area contributed by atoms with Crippen molar-refractivity contribution in [2.24, 2.45) is 0 Å². The third-order valence-corrected chi connectivity index (χ3v) is 4.54. The molecule has 0 atom stereocenters. The number of nitrogens with one attached hydrogen (secondary N) is 1. The van der Waals surface area contributed by atoms with Gasteiger partial charge < -0.3 is 5.32 Å². The zero-order chi connectivity index (χ0) is 15.1. The van der Waals surface area contributed by atoms with Crippen LogP contribution in [-0.4, -0.2) is 19.6 Å². The summed E-state index contributed by atoms with van der Waals surface area (Å²) in [5.41, 5.74) is 4.38. The lowest BCUT2D eigenvalue weighted by atomic mass is 9.96. The highest BCUT2D eigenvalue weighted by molar-refractivity contribution is 6.31. The monoisotopic (exact) mass is 313 g/mol. The molecule has 0 amide bonds. The first kappa shape index (κ1) is 13.5. The molecule has 5 nitrogen and oxygen atoms in total. The van der Waals surface area contributed by atoms with E-state index in [1.54, 1.807) is 10.8 Å². The predicted molar refractivity (Wildman–Crippen MR) is 86.9 cm³/mol. The van der Waals surface area contributed by atoms with Crippen LogP contribution >= 0.6 is 11.6 Å². The van der Waals surface area contributed by atoms with Crippen molar-refractivity contribution >= 4 is 28.9 Å². The molecular formula is C16H16ClN5. The quantitative estimate of drug-likeness (QED) is 0.783. The standard InChI is InChI=1S/C16H16ClN5/c1-10-6-7-11(8-13(10)17)20-15-12-4-2-3-5-14(12)21-16-18-9-19-22(15)16/h6-9,20H,2-5H2,1H3. The maximum Gasteiger partial charge on any atom is 0.254 e. The van der Waals surface area contributed by atoms with E-state index in [4.69, 9.17) is 11.6 Å². The highest BCUT2D eigenvalue weighted by Gasteiger charge is 2.19. The molecule has 0 bridgehead atoms. The number of hydrogen-bond acceptors (Lipinski definition) is 4. The van der Waals surface area contributed by atoms with E-state index in [9.17, 15) is 0 Å². The van der Waals surface area contributed by atoms with Gasteiger partial charge in [0, 0.05) is 16.3 Å². The van der Waals surface area contributed by atoms with E-state index in [0.29, 0.717) is 5.78 Å². The van der Waals surface area contributed by atoms with Crippen LogP contribution in [0.2, 0.25) is 5.02 Å². The van der Waals surface area contributed by atoms with Gasteiger partial charge in [-0.05, 0) is 50.3 Å². The number of halogens is 1. The molecule has 1 aliphatic rings. The van der Waals surface area contributed by atoms with Crippen molar-refractivity contribution in [3.05, 3.63) is 46.4 Å². The van der Waals surface area contributed by atoms with E-state index in [0.717, 1.165) is 40.6 Å². The van der Waals surface area contributed by atoms with Gasteiger partial charge in [0.2, 0.25) is 0 Å². The van der Waals surface area contributed by atoms with Crippen LogP contribution in [-0.2, 0) is 12.8 Å². The number of anilines is 2. The van der Waals surface area contributed by atoms with Crippen molar-refractivity contribution in [3.8, 4) is 0 Å². The summed E-state index contributed by atoms with van der Waals surface area (Å²) in [5.74, 6) is 1.60. The number of aryl methyl sites for hydroxylation is 2. The van der Waals surface area contributed by atoms with Crippen LogP contribution in [0, 0.1) is 6.92 Å². The Hall–Kier alpha value is -2.14. The molecule has 0 saturated carbocycles. The summed E-state index contributed by atoms with van der Waals surface area (Å²) in [6, 6.07) is 5.98. The van der Waals surface area contributed by atoms with E-state index in [-0.39, 0.29) is 0 Å². The van der Waals surface area contributed by atoms with Gasteiger partial charge in [0.1, 0.15) is 12.1 Å². The molecule has 0 unspecified atom stereocenters. The highest BCUT2D eigenvalue weighted by atomic mass is 35.5. The molecule has 1 aromatic carbocycles. The van der Waals surface area contributed by atoms with Crippen LogP contribution in [0.1, 0.15) is 29.7 Å². The van der Waals surface area contributed by atoms with E-state index >= 15 is 0 Å². The number of hydrogen-bond donors (Lipinski definition) is 1. The smallest absolute Gasteiger partial charge is 0.254 e. The van der Waals surface area contributed by atoms with Gasteiger partial charge in [-0.15, -0.1) is 0 Å². The molecule has 1 aliphatic carbocycles. The fourth-order valence-electron chi connectivity index (χ4n) is 2.92. The number of nitrogens with zero attached hydrogens (tertiary/aromatic N) is 4. The molecule has 2 heterocycles. The van der Waals surface area contributed by atoms with Crippen LogP contribution in [0.25, 0.3) is 5.78 Å². The predicted octanol–water partition coefficient (Wildman–Crippen LogP) is 3.71. The van der Waals surface area contributed by atoms with E-state index in [1.165, 1.54) is 18.4 Å². The average Bonchev–Trinajstić information content (AvgIpc) is 2.99. The van der Waals surface area contributed by atoms with Gasteiger partial charge in [-0.1, -0.05) is 17.7 Å². The van der Waals surface area contributed by atoms with Gasteiger partial charge >= 0.3 is 0 Å². The molecule has 0 aliphatic heterocycles. The molecular weight excluding hydrogens is 298 g/mol. The van der Waals surface area contributed by atoms with Gasteiger partial charge in [-0.3, -0.25) is 0 Å². The molecule has 0 fully saturated rings. The van der Waals surface area contributed by atoms with Crippen molar-refractivity contribution in [2.75, 3.05) is 5.32 Å². The second-order valence-electron chi connectivity index (χ2n) is 5.65. The molecule has 0 radical (unpaired) electrons. The first-order valence-corrected chi connectivity index (χ1v) is 7.85. The Balaban J connectivity index is 1.85. The average molecular weight is 314 g/mol. The lowest BCUT2D eigenvalue weighted by molar-refractivity contribution is 0.662. The fourth-order valence-corrected chi connectivity index (χ4v) is 3.10. The van der Waals surface area contributed by atoms with E-state index in [2.05, 4.69) is 20.4 Å². The van der Waals surface area contributed by atoms with Gasteiger partial charge in [-0.25, -0.2) is 4.98 Å². The van der Waals surface area contributed by atoms with E-state index < -0.39 is 0 Å². The third-order valence-electron chi connectivity index (χ3n) is 4.14. The lowest BCUT2D eigenvalue weighted by Crippen LogP contribution is -2.13. The number of benzene rings is 1. The maximum atomic E-state index is 6.23. The number of rotatable bonds is 2. The minimum Gasteiger partial charge on any atom is -0.340 e. The molecule has 4 rings (SSSR count). The molecule has 3 aromatic rings. The summed E-state index contributed by atoms with van der Waals surface area (Å²) in [7, 11) is 0. The summed E-state index contributed by atoms with van der Waals surface area (Å²) >= 11 is 6.23. The van der Waals surface area contributed by atoms with Crippen molar-refractivity contribution in [1.82, 2.24) is 19.6 Å². The summed E-state index contributed by atoms with van der Waals surface area (Å²) in [6.07, 6.45) is 5.92. The van der Waals surface area contributed by atoms with Crippen molar-refractivity contribution in [2.45, 2.75) is 32.6 Å². The van der Waals surface area contributed by atoms with Crippen molar-refractivity contribution in [1.29, 1.82) is 0 Å². The van der Waals surface area contributed by atoms with Crippen molar-refractivity contribution < 1.29 is 0 Å². The Kier molecular flexibility index (Phi) is 3.22. The van der Waals surface area contributed by atoms with Gasteiger partial charge in [0.05, 0.1) is 5.69 Å². The first-order chi connectivity index (χ1) is 10.7. The van der Waals surface area contributed by atoms with Gasteiger partial charge in [0.15, 0.2) is 0 Å². The Labute approximate surface area is 133 Å². The van der Waals surface area contributed by atoms with Crippen LogP contribution in [0.4, 0.5) is 11.5 Å². The first-order valence-electron chi connectivity index (χ1n) is 7.47.